The van der Waals surface area contributed by atoms with Crippen molar-refractivity contribution in [3.8, 4) is 0 Å². The minimum atomic E-state index is 0.498. The van der Waals surface area contributed by atoms with Crippen molar-refractivity contribution in [1.29, 1.82) is 0 Å². The first-order valence-corrected chi connectivity index (χ1v) is 8.99. The van der Waals surface area contributed by atoms with Crippen LogP contribution >= 0.6 is 11.3 Å². The van der Waals surface area contributed by atoms with Gasteiger partial charge in [-0.15, -0.1) is 11.3 Å². The number of fused-ring (bicyclic) bond motifs is 2. The first-order chi connectivity index (χ1) is 9.69. The Morgan fingerprint density at radius 3 is 2.65 bits per heavy atom. The van der Waals surface area contributed by atoms with Gasteiger partial charge in [0.15, 0.2) is 0 Å². The van der Waals surface area contributed by atoms with E-state index in [1.807, 2.05) is 11.3 Å². The molecule has 3 nitrogen and oxygen atoms in total. The molecule has 1 aromatic heterocycles. The van der Waals surface area contributed by atoms with Gasteiger partial charge in [0.1, 0.15) is 5.01 Å². The lowest BCUT2D eigenvalue weighted by Crippen LogP contribution is -2.49. The number of aromatic nitrogens is 1. The van der Waals surface area contributed by atoms with Gasteiger partial charge in [-0.3, -0.25) is 4.90 Å². The lowest BCUT2D eigenvalue weighted by molar-refractivity contribution is 0.0770. The third-order valence-electron chi connectivity index (χ3n) is 4.91. The van der Waals surface area contributed by atoms with E-state index in [1.54, 1.807) is 0 Å². The van der Waals surface area contributed by atoms with Crippen LogP contribution in [0.15, 0.2) is 5.38 Å². The van der Waals surface area contributed by atoms with Crippen molar-refractivity contribution in [2.24, 2.45) is 0 Å². The molecule has 4 heteroatoms. The van der Waals surface area contributed by atoms with Crippen LogP contribution < -0.4 is 5.32 Å². The Balaban J connectivity index is 1.67. The molecule has 1 N–H and O–H groups in total. The summed E-state index contributed by atoms with van der Waals surface area (Å²) in [5.41, 5.74) is 1.17. The van der Waals surface area contributed by atoms with Crippen LogP contribution in [0.4, 0.5) is 0 Å². The average Bonchev–Trinajstić information content (AvgIpc) is 2.98. The van der Waals surface area contributed by atoms with E-state index in [0.717, 1.165) is 18.1 Å². The molecule has 20 heavy (non-hydrogen) atoms. The molecule has 2 bridgehead atoms. The Hall–Kier alpha value is -0.450. The maximum Gasteiger partial charge on any atom is 0.110 e. The summed E-state index contributed by atoms with van der Waals surface area (Å²) in [5.74, 6) is 0. The molecule has 0 saturated carbocycles. The highest BCUT2D eigenvalue weighted by Gasteiger charge is 2.43. The Labute approximate surface area is 126 Å². The van der Waals surface area contributed by atoms with Gasteiger partial charge in [0.05, 0.1) is 6.04 Å². The van der Waals surface area contributed by atoms with Gasteiger partial charge in [-0.2, -0.15) is 0 Å². The van der Waals surface area contributed by atoms with E-state index in [0.29, 0.717) is 6.04 Å². The fraction of sp³-hybridized carbons (Fsp3) is 0.812. The largest absolute Gasteiger partial charge is 0.314 e. The number of piperidine rings is 1. The summed E-state index contributed by atoms with van der Waals surface area (Å²) in [6, 6.07) is 2.77. The molecule has 0 spiro atoms. The van der Waals surface area contributed by atoms with Gasteiger partial charge in [0.25, 0.3) is 0 Å². The highest BCUT2D eigenvalue weighted by atomic mass is 32.1. The molecule has 0 amide bonds. The summed E-state index contributed by atoms with van der Waals surface area (Å²) in [6.45, 7) is 7.88. The van der Waals surface area contributed by atoms with Crippen LogP contribution in [0.5, 0.6) is 0 Å². The number of rotatable bonds is 5. The molecule has 0 aromatic carbocycles. The van der Waals surface area contributed by atoms with E-state index in [4.69, 9.17) is 4.98 Å². The second-order valence-corrected chi connectivity index (χ2v) is 7.35. The minimum absolute atomic E-state index is 0.498. The maximum absolute atomic E-state index is 4.71. The van der Waals surface area contributed by atoms with Crippen LogP contribution in [-0.4, -0.2) is 34.6 Å². The lowest BCUT2D eigenvalue weighted by Gasteiger charge is -2.42. The summed E-state index contributed by atoms with van der Waals surface area (Å²) in [4.78, 5) is 7.48. The maximum atomic E-state index is 4.71. The van der Waals surface area contributed by atoms with Gasteiger partial charge in [-0.05, 0) is 52.5 Å². The third kappa shape index (κ3) is 2.78. The molecule has 2 fully saturated rings. The van der Waals surface area contributed by atoms with Crippen molar-refractivity contribution in [1.82, 2.24) is 15.2 Å². The smallest absolute Gasteiger partial charge is 0.110 e. The Bertz CT molecular complexity index is 431. The fourth-order valence-corrected chi connectivity index (χ4v) is 4.91. The van der Waals surface area contributed by atoms with Crippen LogP contribution in [-0.2, 0) is 0 Å². The summed E-state index contributed by atoms with van der Waals surface area (Å²) in [6.07, 6.45) is 6.65. The van der Waals surface area contributed by atoms with E-state index in [1.165, 1.54) is 49.4 Å². The predicted molar refractivity (Wildman–Crippen MR) is 85.2 cm³/mol. The fourth-order valence-electron chi connectivity index (χ4n) is 4.05. The molecular weight excluding hydrogens is 266 g/mol. The second-order valence-electron chi connectivity index (χ2n) is 6.46. The van der Waals surface area contributed by atoms with Gasteiger partial charge in [0.2, 0.25) is 0 Å². The van der Waals surface area contributed by atoms with Crippen molar-refractivity contribution in [2.75, 3.05) is 6.54 Å². The molecule has 2 aliphatic rings. The topological polar surface area (TPSA) is 28.2 Å². The Morgan fingerprint density at radius 1 is 1.40 bits per heavy atom. The number of hydrogen-bond donors (Lipinski definition) is 1. The van der Waals surface area contributed by atoms with Crippen LogP contribution in [0.2, 0.25) is 0 Å². The SMILES string of the molecule is CCCNC1CC2CCC(C1)N2C(C)c1nc(C)cs1. The van der Waals surface area contributed by atoms with Crippen molar-refractivity contribution in [2.45, 2.75) is 77.0 Å². The van der Waals surface area contributed by atoms with Gasteiger partial charge < -0.3 is 5.32 Å². The summed E-state index contributed by atoms with van der Waals surface area (Å²) >= 11 is 1.83. The number of hydrogen-bond acceptors (Lipinski definition) is 4. The van der Waals surface area contributed by atoms with E-state index in [-0.39, 0.29) is 0 Å². The highest BCUT2D eigenvalue weighted by molar-refractivity contribution is 7.09. The van der Waals surface area contributed by atoms with Crippen molar-refractivity contribution < 1.29 is 0 Å². The molecule has 3 atom stereocenters. The monoisotopic (exact) mass is 293 g/mol. The highest BCUT2D eigenvalue weighted by Crippen LogP contribution is 2.41. The van der Waals surface area contributed by atoms with E-state index < -0.39 is 0 Å². The van der Waals surface area contributed by atoms with Crippen LogP contribution in [0.3, 0.4) is 0 Å². The zero-order valence-electron chi connectivity index (χ0n) is 12.9. The molecule has 0 aliphatic carbocycles. The number of nitrogens with one attached hydrogen (secondary N) is 1. The van der Waals surface area contributed by atoms with Gasteiger partial charge in [-0.1, -0.05) is 6.92 Å². The Kier molecular flexibility index (Phi) is 4.43. The number of aryl methyl sites for hydroxylation is 1. The summed E-state index contributed by atoms with van der Waals surface area (Å²) in [7, 11) is 0. The van der Waals surface area contributed by atoms with Crippen LogP contribution in [0.25, 0.3) is 0 Å². The average molecular weight is 293 g/mol. The molecule has 1 aromatic rings. The van der Waals surface area contributed by atoms with Crippen molar-refractivity contribution in [3.05, 3.63) is 16.1 Å². The van der Waals surface area contributed by atoms with Crippen LogP contribution in [0, 0.1) is 6.92 Å². The van der Waals surface area contributed by atoms with Crippen molar-refractivity contribution in [3.63, 3.8) is 0 Å². The van der Waals surface area contributed by atoms with Crippen molar-refractivity contribution >= 4 is 11.3 Å². The molecule has 3 rings (SSSR count). The quantitative estimate of drug-likeness (QED) is 0.900. The summed E-state index contributed by atoms with van der Waals surface area (Å²) < 4.78 is 0. The molecule has 112 valence electrons. The van der Waals surface area contributed by atoms with E-state index >= 15 is 0 Å². The van der Waals surface area contributed by atoms with Gasteiger partial charge in [-0.25, -0.2) is 4.98 Å². The summed E-state index contributed by atoms with van der Waals surface area (Å²) in [5, 5.41) is 7.22. The molecule has 0 radical (unpaired) electrons. The molecule has 3 unspecified atom stereocenters. The zero-order valence-corrected chi connectivity index (χ0v) is 13.7. The van der Waals surface area contributed by atoms with E-state index in [9.17, 15) is 0 Å². The third-order valence-corrected chi connectivity index (χ3v) is 6.05. The number of thiazole rings is 1. The van der Waals surface area contributed by atoms with Crippen LogP contribution in [0.1, 0.15) is 62.7 Å². The van der Waals surface area contributed by atoms with Gasteiger partial charge in [0, 0.05) is 29.2 Å². The molecule has 3 heterocycles. The second kappa shape index (κ2) is 6.12. The predicted octanol–water partition coefficient (Wildman–Crippen LogP) is 3.51. The Morgan fingerprint density at radius 2 is 2.10 bits per heavy atom. The molecule has 2 saturated heterocycles. The number of nitrogens with zero attached hydrogens (tertiary/aromatic N) is 2. The standard InChI is InChI=1S/C16H27N3S/c1-4-7-17-13-8-14-5-6-15(9-13)19(14)12(3)16-18-11(2)10-20-16/h10,12-15,17H,4-9H2,1-3H3. The first-order valence-electron chi connectivity index (χ1n) is 8.12. The van der Waals surface area contributed by atoms with Gasteiger partial charge >= 0.3 is 0 Å². The zero-order chi connectivity index (χ0) is 14.1. The minimum Gasteiger partial charge on any atom is -0.314 e. The molecule has 2 aliphatic heterocycles. The van der Waals surface area contributed by atoms with E-state index in [2.05, 4.69) is 36.4 Å². The molecular formula is C16H27N3S. The normalized spacial score (nSPS) is 31.6. The lowest BCUT2D eigenvalue weighted by atomic mass is 9.95. The first kappa shape index (κ1) is 14.5.